The Morgan fingerprint density at radius 1 is 0.971 bits per heavy atom. The summed E-state index contributed by atoms with van der Waals surface area (Å²) < 4.78 is 62.1. The van der Waals surface area contributed by atoms with Crippen molar-refractivity contribution in [2.24, 2.45) is 0 Å². The monoisotopic (exact) mass is 473 g/mol. The lowest BCUT2D eigenvalue weighted by molar-refractivity contribution is -0.274. The molecule has 0 radical (unpaired) electrons. The number of carbonyl (C=O) groups is 2. The zero-order chi connectivity index (χ0) is 24.6. The first-order valence-corrected chi connectivity index (χ1v) is 9.75. The van der Waals surface area contributed by atoms with Gasteiger partial charge in [-0.25, -0.2) is 9.18 Å². The van der Waals surface area contributed by atoms with Gasteiger partial charge < -0.3 is 19.6 Å². The second-order valence-corrected chi connectivity index (χ2v) is 7.17. The number of halogens is 4. The number of ether oxygens (including phenoxy) is 1. The Bertz CT molecular complexity index is 1410. The normalized spacial score (nSPS) is 11.4. The molecule has 0 fully saturated rings. The van der Waals surface area contributed by atoms with E-state index in [0.29, 0.717) is 5.56 Å². The lowest BCUT2D eigenvalue weighted by Gasteiger charge is -2.14. The van der Waals surface area contributed by atoms with Crippen molar-refractivity contribution in [2.75, 3.05) is 7.05 Å². The molecule has 0 saturated carbocycles. The Kier molecular flexibility index (Phi) is 5.74. The van der Waals surface area contributed by atoms with Crippen LogP contribution in [0.4, 0.5) is 17.6 Å². The number of furan rings is 1. The topological polar surface area (TPSA) is 88.8 Å². The van der Waals surface area contributed by atoms with Gasteiger partial charge in [0, 0.05) is 23.6 Å². The molecule has 0 unspecified atom stereocenters. The SMILES string of the molecule is CNC(=O)c1c(-c2ccc(F)cc2)oc2ccc(-c3cc(C(=O)O)ccc3OC(F)(F)F)cc12. The van der Waals surface area contributed by atoms with Crippen LogP contribution >= 0.6 is 0 Å². The summed E-state index contributed by atoms with van der Waals surface area (Å²) >= 11 is 0. The minimum atomic E-state index is -5.01. The molecule has 10 heteroatoms. The summed E-state index contributed by atoms with van der Waals surface area (Å²) in [6.45, 7) is 0. The van der Waals surface area contributed by atoms with Crippen molar-refractivity contribution < 1.29 is 41.4 Å². The van der Waals surface area contributed by atoms with Gasteiger partial charge in [0.05, 0.1) is 11.1 Å². The molecule has 0 saturated heterocycles. The second-order valence-electron chi connectivity index (χ2n) is 7.17. The van der Waals surface area contributed by atoms with Gasteiger partial charge in [-0.05, 0) is 60.2 Å². The average Bonchev–Trinajstić information content (AvgIpc) is 3.16. The van der Waals surface area contributed by atoms with Gasteiger partial charge in [0.25, 0.3) is 5.91 Å². The Labute approximate surface area is 189 Å². The van der Waals surface area contributed by atoms with Gasteiger partial charge in [0.1, 0.15) is 22.9 Å². The van der Waals surface area contributed by atoms with Crippen LogP contribution in [0.2, 0.25) is 0 Å². The lowest BCUT2D eigenvalue weighted by atomic mass is 9.98. The van der Waals surface area contributed by atoms with E-state index in [1.807, 2.05) is 0 Å². The van der Waals surface area contributed by atoms with E-state index in [1.165, 1.54) is 49.5 Å². The Morgan fingerprint density at radius 3 is 2.26 bits per heavy atom. The highest BCUT2D eigenvalue weighted by molar-refractivity contribution is 6.12. The summed E-state index contributed by atoms with van der Waals surface area (Å²) in [4.78, 5) is 24.1. The molecule has 6 nitrogen and oxygen atoms in total. The maximum Gasteiger partial charge on any atom is 0.573 e. The number of benzene rings is 3. The van der Waals surface area contributed by atoms with Crippen molar-refractivity contribution in [3.8, 4) is 28.2 Å². The number of carboxylic acids is 1. The molecule has 34 heavy (non-hydrogen) atoms. The van der Waals surface area contributed by atoms with Crippen molar-refractivity contribution in [3.05, 3.63) is 77.6 Å². The molecule has 4 rings (SSSR count). The van der Waals surface area contributed by atoms with E-state index >= 15 is 0 Å². The van der Waals surface area contributed by atoms with Crippen LogP contribution in [0.25, 0.3) is 33.4 Å². The largest absolute Gasteiger partial charge is 0.573 e. The molecule has 1 heterocycles. The molecule has 4 aromatic rings. The number of aromatic carboxylic acids is 1. The summed E-state index contributed by atoms with van der Waals surface area (Å²) in [7, 11) is 1.39. The molecule has 0 aliphatic heterocycles. The molecule has 0 spiro atoms. The van der Waals surface area contributed by atoms with E-state index in [4.69, 9.17) is 4.42 Å². The van der Waals surface area contributed by atoms with Gasteiger partial charge in [0.15, 0.2) is 0 Å². The average molecular weight is 473 g/mol. The number of carboxylic acid groups (broad SMARTS) is 1. The fourth-order valence-electron chi connectivity index (χ4n) is 3.52. The van der Waals surface area contributed by atoms with Crippen LogP contribution in [-0.2, 0) is 0 Å². The van der Waals surface area contributed by atoms with Gasteiger partial charge in [-0.2, -0.15) is 0 Å². The second kappa shape index (κ2) is 8.54. The fraction of sp³-hybridized carbons (Fsp3) is 0.0833. The summed E-state index contributed by atoms with van der Waals surface area (Å²) in [6.07, 6.45) is -5.01. The third-order valence-electron chi connectivity index (χ3n) is 5.01. The highest BCUT2D eigenvalue weighted by atomic mass is 19.4. The van der Waals surface area contributed by atoms with E-state index in [-0.39, 0.29) is 39.0 Å². The number of amides is 1. The van der Waals surface area contributed by atoms with Gasteiger partial charge in [-0.15, -0.1) is 13.2 Å². The highest BCUT2D eigenvalue weighted by Gasteiger charge is 2.32. The van der Waals surface area contributed by atoms with E-state index in [9.17, 15) is 32.3 Å². The molecular formula is C24H15F4NO5. The van der Waals surface area contributed by atoms with Gasteiger partial charge in [-0.3, -0.25) is 4.79 Å². The number of alkyl halides is 3. The summed E-state index contributed by atoms with van der Waals surface area (Å²) in [5, 5.41) is 12.0. The first-order chi connectivity index (χ1) is 16.1. The van der Waals surface area contributed by atoms with Crippen LogP contribution in [0, 0.1) is 5.82 Å². The van der Waals surface area contributed by atoms with Gasteiger partial charge in [0.2, 0.25) is 0 Å². The third kappa shape index (κ3) is 4.42. The van der Waals surface area contributed by atoms with Crippen molar-refractivity contribution in [1.29, 1.82) is 0 Å². The van der Waals surface area contributed by atoms with Crippen LogP contribution in [0.1, 0.15) is 20.7 Å². The zero-order valence-electron chi connectivity index (χ0n) is 17.4. The third-order valence-corrected chi connectivity index (χ3v) is 5.01. The number of nitrogens with one attached hydrogen (secondary N) is 1. The molecule has 1 aromatic heterocycles. The van der Waals surface area contributed by atoms with Crippen LogP contribution in [-0.4, -0.2) is 30.4 Å². The van der Waals surface area contributed by atoms with Crippen LogP contribution in [0.15, 0.2) is 65.1 Å². The maximum atomic E-state index is 13.4. The lowest BCUT2D eigenvalue weighted by Crippen LogP contribution is -2.18. The number of rotatable bonds is 5. The van der Waals surface area contributed by atoms with E-state index < -0.39 is 29.8 Å². The number of hydrogen-bond acceptors (Lipinski definition) is 4. The molecule has 0 aliphatic rings. The van der Waals surface area contributed by atoms with E-state index in [2.05, 4.69) is 10.1 Å². The standard InChI is InChI=1S/C24H15F4NO5/c1-29-22(30)20-17-10-13(4-8-18(17)33-21(20)12-2-6-15(25)7-3-12)16-11-14(23(31)32)5-9-19(16)34-24(26,27)28/h2-11H,1H3,(H,29,30)(H,31,32). The predicted molar refractivity (Wildman–Crippen MR) is 114 cm³/mol. The first kappa shape index (κ1) is 22.8. The molecule has 3 aromatic carbocycles. The summed E-state index contributed by atoms with van der Waals surface area (Å²) in [5.41, 5.74) is 0.494. The molecule has 0 bridgehead atoms. The predicted octanol–water partition coefficient (Wildman–Crippen LogP) is 5.86. The smallest absolute Gasteiger partial charge is 0.478 e. The molecule has 174 valence electrons. The highest BCUT2D eigenvalue weighted by Crippen LogP contribution is 2.39. The molecule has 0 aliphatic carbocycles. The first-order valence-electron chi connectivity index (χ1n) is 9.75. The van der Waals surface area contributed by atoms with Gasteiger partial charge >= 0.3 is 12.3 Å². The van der Waals surface area contributed by atoms with Crippen LogP contribution in [0.5, 0.6) is 5.75 Å². The van der Waals surface area contributed by atoms with Crippen LogP contribution < -0.4 is 10.1 Å². The number of hydrogen-bond donors (Lipinski definition) is 2. The molecular weight excluding hydrogens is 458 g/mol. The van der Waals surface area contributed by atoms with Crippen molar-refractivity contribution >= 4 is 22.8 Å². The fourth-order valence-corrected chi connectivity index (χ4v) is 3.52. The molecule has 2 N–H and O–H groups in total. The van der Waals surface area contributed by atoms with Crippen molar-refractivity contribution in [2.45, 2.75) is 6.36 Å². The summed E-state index contributed by atoms with van der Waals surface area (Å²) in [6, 6.07) is 12.4. The Hall–Kier alpha value is -4.34. The van der Waals surface area contributed by atoms with Crippen LogP contribution in [0.3, 0.4) is 0 Å². The quantitative estimate of drug-likeness (QED) is 0.355. The maximum absolute atomic E-state index is 13.4. The van der Waals surface area contributed by atoms with E-state index in [0.717, 1.165) is 18.2 Å². The van der Waals surface area contributed by atoms with Gasteiger partial charge in [-0.1, -0.05) is 6.07 Å². The minimum absolute atomic E-state index is 0.0821. The number of fused-ring (bicyclic) bond motifs is 1. The van der Waals surface area contributed by atoms with E-state index in [1.54, 1.807) is 0 Å². The Morgan fingerprint density at radius 2 is 1.65 bits per heavy atom. The van der Waals surface area contributed by atoms with Crippen molar-refractivity contribution in [1.82, 2.24) is 5.32 Å². The number of carbonyl (C=O) groups excluding carboxylic acids is 1. The Balaban J connectivity index is 1.95. The zero-order valence-corrected chi connectivity index (χ0v) is 17.4. The van der Waals surface area contributed by atoms with Crippen molar-refractivity contribution in [3.63, 3.8) is 0 Å². The molecule has 0 atom stereocenters. The molecule has 1 amide bonds. The minimum Gasteiger partial charge on any atom is -0.478 e. The summed E-state index contributed by atoms with van der Waals surface area (Å²) in [5.74, 6) is -2.84.